The summed E-state index contributed by atoms with van der Waals surface area (Å²) in [4.78, 5) is 23.7. The van der Waals surface area contributed by atoms with Crippen LogP contribution in [0.25, 0.3) is 5.69 Å². The minimum atomic E-state index is -1.15. The fraction of sp³-hybridized carbons (Fsp3) is 0.278. The number of amides is 1. The third-order valence-corrected chi connectivity index (χ3v) is 4.65. The topological polar surface area (TPSA) is 115 Å². The van der Waals surface area contributed by atoms with Gasteiger partial charge in [0, 0.05) is 11.9 Å². The molecule has 9 nitrogen and oxygen atoms in total. The third-order valence-electron chi connectivity index (χ3n) is 4.65. The molecule has 1 aliphatic carbocycles. The second-order valence-corrected chi connectivity index (χ2v) is 6.46. The van der Waals surface area contributed by atoms with Gasteiger partial charge in [-0.1, -0.05) is 24.1 Å². The van der Waals surface area contributed by atoms with Gasteiger partial charge in [-0.2, -0.15) is 5.10 Å². The fourth-order valence-electron chi connectivity index (χ4n) is 3.34. The largest absolute Gasteiger partial charge is 0.476 e. The van der Waals surface area contributed by atoms with Gasteiger partial charge < -0.3 is 10.4 Å². The van der Waals surface area contributed by atoms with Crippen LogP contribution in [-0.4, -0.2) is 41.8 Å². The number of aromatic carboxylic acids is 1. The molecule has 2 aromatic heterocycles. The molecule has 0 saturated heterocycles. The van der Waals surface area contributed by atoms with Crippen molar-refractivity contribution in [3.8, 4) is 5.69 Å². The molecule has 2 N–H and O–H groups in total. The highest BCUT2D eigenvalue weighted by molar-refractivity contribution is 6.03. The van der Waals surface area contributed by atoms with E-state index in [2.05, 4.69) is 20.7 Å². The molecule has 0 aliphatic heterocycles. The Bertz CT molecular complexity index is 986. The average molecular weight is 366 g/mol. The van der Waals surface area contributed by atoms with Crippen molar-refractivity contribution < 1.29 is 14.7 Å². The number of carboxylic acid groups (broad SMARTS) is 1. The second-order valence-electron chi connectivity index (χ2n) is 6.46. The normalized spacial score (nSPS) is 14.4. The Morgan fingerprint density at radius 1 is 1.19 bits per heavy atom. The van der Waals surface area contributed by atoms with Crippen LogP contribution in [0.15, 0.2) is 42.7 Å². The summed E-state index contributed by atoms with van der Waals surface area (Å²) in [7, 11) is 0. The molecule has 138 valence electrons. The van der Waals surface area contributed by atoms with Gasteiger partial charge in [0.1, 0.15) is 5.69 Å². The number of carboxylic acids is 1. The van der Waals surface area contributed by atoms with Gasteiger partial charge in [0.2, 0.25) is 0 Å². The molecule has 0 unspecified atom stereocenters. The predicted molar refractivity (Wildman–Crippen MR) is 96.0 cm³/mol. The van der Waals surface area contributed by atoms with Crippen LogP contribution in [0, 0.1) is 0 Å². The molecule has 0 bridgehead atoms. The van der Waals surface area contributed by atoms with Crippen LogP contribution < -0.4 is 5.32 Å². The first-order chi connectivity index (χ1) is 13.1. The number of hydrogen-bond acceptors (Lipinski definition) is 5. The molecule has 0 atom stereocenters. The van der Waals surface area contributed by atoms with Crippen molar-refractivity contribution in [2.24, 2.45) is 0 Å². The third kappa shape index (κ3) is 3.43. The standard InChI is InChI=1S/C18H18N6O3/c25-17(16-8-9-19-24(16)13-5-1-2-6-13)20-12-4-3-7-14(10-12)23-11-15(18(26)27)21-22-23/h3-4,7-11,13H,1-2,5-6H2,(H,20,25)(H,26,27). The zero-order valence-corrected chi connectivity index (χ0v) is 14.4. The van der Waals surface area contributed by atoms with Crippen LogP contribution in [0.2, 0.25) is 0 Å². The SMILES string of the molecule is O=C(O)c1cn(-c2cccc(NC(=O)c3ccnn3C3CCCC3)c2)nn1. The lowest BCUT2D eigenvalue weighted by atomic mass is 10.2. The second kappa shape index (κ2) is 7.02. The van der Waals surface area contributed by atoms with E-state index in [1.165, 1.54) is 10.9 Å². The monoisotopic (exact) mass is 366 g/mol. The van der Waals surface area contributed by atoms with E-state index in [9.17, 15) is 9.59 Å². The molecule has 9 heteroatoms. The maximum absolute atomic E-state index is 12.7. The molecule has 1 amide bonds. The number of nitrogens with one attached hydrogen (secondary N) is 1. The fourth-order valence-corrected chi connectivity index (χ4v) is 3.34. The maximum atomic E-state index is 12.7. The number of aromatic nitrogens is 5. The van der Waals surface area contributed by atoms with Crippen LogP contribution in [0.3, 0.4) is 0 Å². The quantitative estimate of drug-likeness (QED) is 0.717. The lowest BCUT2D eigenvalue weighted by Crippen LogP contribution is -2.20. The number of nitrogens with zero attached hydrogens (tertiary/aromatic N) is 5. The van der Waals surface area contributed by atoms with Crippen molar-refractivity contribution in [3.63, 3.8) is 0 Å². The Morgan fingerprint density at radius 2 is 2.00 bits per heavy atom. The van der Waals surface area contributed by atoms with Gasteiger partial charge >= 0.3 is 5.97 Å². The van der Waals surface area contributed by atoms with Crippen molar-refractivity contribution in [1.29, 1.82) is 0 Å². The van der Waals surface area contributed by atoms with Crippen molar-refractivity contribution in [2.75, 3.05) is 5.32 Å². The van der Waals surface area contributed by atoms with Gasteiger partial charge in [-0.3, -0.25) is 9.48 Å². The summed E-state index contributed by atoms with van der Waals surface area (Å²) in [6.45, 7) is 0. The Morgan fingerprint density at radius 3 is 2.74 bits per heavy atom. The Kier molecular flexibility index (Phi) is 4.41. The summed E-state index contributed by atoms with van der Waals surface area (Å²) in [6, 6.07) is 8.95. The summed E-state index contributed by atoms with van der Waals surface area (Å²) in [5.74, 6) is -1.38. The molecule has 1 aliphatic rings. The highest BCUT2D eigenvalue weighted by Crippen LogP contribution is 2.30. The molecule has 1 fully saturated rings. The molecule has 4 rings (SSSR count). The number of carbonyl (C=O) groups excluding carboxylic acids is 1. The van der Waals surface area contributed by atoms with E-state index in [0.29, 0.717) is 17.1 Å². The Labute approximate surface area is 154 Å². The van der Waals surface area contributed by atoms with Crippen molar-refractivity contribution in [2.45, 2.75) is 31.7 Å². The van der Waals surface area contributed by atoms with Gasteiger partial charge in [-0.15, -0.1) is 5.10 Å². The predicted octanol–water partition coefficient (Wildman–Crippen LogP) is 2.53. The molecule has 1 saturated carbocycles. The van der Waals surface area contributed by atoms with Gasteiger partial charge in [-0.25, -0.2) is 9.48 Å². The van der Waals surface area contributed by atoms with Crippen LogP contribution >= 0.6 is 0 Å². The van der Waals surface area contributed by atoms with Crippen LogP contribution in [0.5, 0.6) is 0 Å². The zero-order valence-electron chi connectivity index (χ0n) is 14.4. The Balaban J connectivity index is 1.54. The average Bonchev–Trinajstić information content (AvgIpc) is 3.42. The Hall–Kier alpha value is -3.49. The van der Waals surface area contributed by atoms with E-state index in [-0.39, 0.29) is 17.6 Å². The number of carbonyl (C=O) groups is 2. The lowest BCUT2D eigenvalue weighted by Gasteiger charge is -2.14. The molecule has 0 spiro atoms. The first kappa shape index (κ1) is 17.0. The van der Waals surface area contributed by atoms with Gasteiger partial charge in [0.05, 0.1) is 17.9 Å². The number of anilines is 1. The molecule has 1 aromatic carbocycles. The summed E-state index contributed by atoms with van der Waals surface area (Å²) in [6.07, 6.45) is 7.35. The molecular weight excluding hydrogens is 348 g/mol. The van der Waals surface area contributed by atoms with Gasteiger partial charge in [0.15, 0.2) is 5.69 Å². The van der Waals surface area contributed by atoms with Gasteiger partial charge in [-0.05, 0) is 37.1 Å². The molecule has 27 heavy (non-hydrogen) atoms. The van der Waals surface area contributed by atoms with Crippen LogP contribution in [0.4, 0.5) is 5.69 Å². The number of benzene rings is 1. The van der Waals surface area contributed by atoms with Gasteiger partial charge in [0.25, 0.3) is 5.91 Å². The first-order valence-electron chi connectivity index (χ1n) is 8.73. The van der Waals surface area contributed by atoms with Crippen molar-refractivity contribution in [1.82, 2.24) is 24.8 Å². The van der Waals surface area contributed by atoms with Crippen molar-refractivity contribution >= 4 is 17.6 Å². The molecule has 3 aromatic rings. The molecule has 2 heterocycles. The minimum absolute atomic E-state index is 0.148. The summed E-state index contributed by atoms with van der Waals surface area (Å²) in [5.41, 5.74) is 1.55. The first-order valence-corrected chi connectivity index (χ1v) is 8.73. The summed E-state index contributed by atoms with van der Waals surface area (Å²) in [5, 5.41) is 23.5. The van der Waals surface area contributed by atoms with E-state index in [1.807, 2.05) is 4.68 Å². The smallest absolute Gasteiger partial charge is 0.358 e. The maximum Gasteiger partial charge on any atom is 0.358 e. The van der Waals surface area contributed by atoms with Crippen molar-refractivity contribution in [3.05, 3.63) is 54.1 Å². The number of rotatable bonds is 5. The summed E-state index contributed by atoms with van der Waals surface area (Å²) < 4.78 is 3.16. The molecular formula is C18H18N6O3. The van der Waals surface area contributed by atoms with E-state index < -0.39 is 5.97 Å². The highest BCUT2D eigenvalue weighted by Gasteiger charge is 2.22. The van der Waals surface area contributed by atoms with E-state index in [1.54, 1.807) is 36.5 Å². The lowest BCUT2D eigenvalue weighted by molar-refractivity contribution is 0.0690. The van der Waals surface area contributed by atoms with E-state index >= 15 is 0 Å². The molecule has 0 radical (unpaired) electrons. The summed E-state index contributed by atoms with van der Waals surface area (Å²) >= 11 is 0. The van der Waals surface area contributed by atoms with E-state index in [4.69, 9.17) is 5.11 Å². The number of hydrogen-bond donors (Lipinski definition) is 2. The zero-order chi connectivity index (χ0) is 18.8. The van der Waals surface area contributed by atoms with Crippen LogP contribution in [0.1, 0.15) is 52.7 Å². The highest BCUT2D eigenvalue weighted by atomic mass is 16.4. The van der Waals surface area contributed by atoms with E-state index in [0.717, 1.165) is 25.7 Å². The van der Waals surface area contributed by atoms with Crippen LogP contribution in [-0.2, 0) is 0 Å². The minimum Gasteiger partial charge on any atom is -0.476 e.